The Morgan fingerprint density at radius 3 is 2.66 bits per heavy atom. The smallest absolute Gasteiger partial charge is 0.268 e. The van der Waals surface area contributed by atoms with E-state index in [-0.39, 0.29) is 35.5 Å². The minimum atomic E-state index is -0.341. The SMILES string of the molecule is CC(=O)N1CCc2cc(Nc3ncc4c(n3)OCN(c3c(Cl)cccc3Cl)C4=O)ccc2C12CC2. The number of fused-ring (bicyclic) bond motifs is 3. The van der Waals surface area contributed by atoms with Crippen LogP contribution in [-0.2, 0) is 16.8 Å². The van der Waals surface area contributed by atoms with E-state index in [9.17, 15) is 9.59 Å². The highest BCUT2D eigenvalue weighted by Crippen LogP contribution is 2.54. The van der Waals surface area contributed by atoms with Crippen molar-refractivity contribution in [3.8, 4) is 5.88 Å². The molecule has 2 aliphatic heterocycles. The van der Waals surface area contributed by atoms with Gasteiger partial charge in [0.2, 0.25) is 17.7 Å². The first-order chi connectivity index (χ1) is 16.9. The maximum Gasteiger partial charge on any atom is 0.268 e. The summed E-state index contributed by atoms with van der Waals surface area (Å²) in [4.78, 5) is 37.3. The number of ether oxygens (including phenoxy) is 1. The summed E-state index contributed by atoms with van der Waals surface area (Å²) >= 11 is 12.5. The molecule has 0 radical (unpaired) electrons. The monoisotopic (exact) mass is 509 g/mol. The summed E-state index contributed by atoms with van der Waals surface area (Å²) in [5, 5.41) is 3.91. The van der Waals surface area contributed by atoms with Gasteiger partial charge in [0.15, 0.2) is 6.73 Å². The number of carbonyl (C=O) groups is 2. The van der Waals surface area contributed by atoms with E-state index in [1.54, 1.807) is 25.1 Å². The van der Waals surface area contributed by atoms with Crippen molar-refractivity contribution in [3.63, 3.8) is 0 Å². The predicted molar refractivity (Wildman–Crippen MR) is 133 cm³/mol. The fourth-order valence-corrected chi connectivity index (χ4v) is 5.70. The molecule has 0 atom stereocenters. The summed E-state index contributed by atoms with van der Waals surface area (Å²) in [7, 11) is 0. The molecule has 1 aromatic heterocycles. The summed E-state index contributed by atoms with van der Waals surface area (Å²) in [6.07, 6.45) is 4.24. The number of halogens is 2. The van der Waals surface area contributed by atoms with Crippen molar-refractivity contribution in [1.82, 2.24) is 14.9 Å². The van der Waals surface area contributed by atoms with Crippen LogP contribution in [0.25, 0.3) is 0 Å². The van der Waals surface area contributed by atoms with Gasteiger partial charge in [-0.3, -0.25) is 14.5 Å². The standard InChI is InChI=1S/C25H21Cl2N5O3/c1-14(33)32-10-7-15-11-16(5-6-18(15)25(32)8-9-25)29-24-28-12-17-22(30-24)35-13-31(23(17)34)21-19(26)3-2-4-20(21)27/h2-6,11-12H,7-10,13H2,1H3,(H,28,29,30). The average molecular weight is 510 g/mol. The molecule has 1 N–H and O–H groups in total. The molecule has 1 fully saturated rings. The lowest BCUT2D eigenvalue weighted by Gasteiger charge is -2.37. The number of nitrogens with zero attached hydrogens (tertiary/aromatic N) is 4. The lowest BCUT2D eigenvalue weighted by Crippen LogP contribution is -2.44. The van der Waals surface area contributed by atoms with Gasteiger partial charge < -0.3 is 15.0 Å². The molecule has 0 bridgehead atoms. The van der Waals surface area contributed by atoms with Crippen LogP contribution < -0.4 is 15.0 Å². The predicted octanol–water partition coefficient (Wildman–Crippen LogP) is 4.92. The molecule has 0 saturated heterocycles. The van der Waals surface area contributed by atoms with Gasteiger partial charge in [-0.1, -0.05) is 35.3 Å². The summed E-state index contributed by atoms with van der Waals surface area (Å²) in [5.74, 6) is 0.302. The van der Waals surface area contributed by atoms with E-state index in [0.29, 0.717) is 21.7 Å². The fraction of sp³-hybridized carbons (Fsp3) is 0.280. The van der Waals surface area contributed by atoms with Gasteiger partial charge in [-0.15, -0.1) is 0 Å². The maximum absolute atomic E-state index is 13.1. The molecule has 2 amide bonds. The normalized spacial score (nSPS) is 17.5. The Morgan fingerprint density at radius 2 is 1.94 bits per heavy atom. The molecule has 10 heteroatoms. The van der Waals surface area contributed by atoms with E-state index in [1.807, 2.05) is 11.0 Å². The number of aromatic nitrogens is 2. The number of hydrogen-bond donors (Lipinski definition) is 1. The molecule has 0 unspecified atom stereocenters. The van der Waals surface area contributed by atoms with Gasteiger partial charge >= 0.3 is 0 Å². The number of rotatable bonds is 3. The number of nitrogens with one attached hydrogen (secondary N) is 1. The van der Waals surface area contributed by atoms with E-state index < -0.39 is 0 Å². The summed E-state index contributed by atoms with van der Waals surface area (Å²) in [6, 6.07) is 11.2. The molecule has 35 heavy (non-hydrogen) atoms. The van der Waals surface area contributed by atoms with Crippen LogP contribution in [0, 0.1) is 0 Å². The Balaban J connectivity index is 1.24. The quantitative estimate of drug-likeness (QED) is 0.539. The molecule has 6 rings (SSSR count). The number of anilines is 3. The van der Waals surface area contributed by atoms with Crippen LogP contribution in [0.3, 0.4) is 0 Å². The molecular weight excluding hydrogens is 489 g/mol. The van der Waals surface area contributed by atoms with Crippen LogP contribution in [0.5, 0.6) is 5.88 Å². The number of para-hydroxylation sites is 1. The van der Waals surface area contributed by atoms with Crippen LogP contribution in [0.2, 0.25) is 10.0 Å². The molecule has 8 nitrogen and oxygen atoms in total. The van der Waals surface area contributed by atoms with Gasteiger partial charge in [0.1, 0.15) is 5.56 Å². The molecule has 1 saturated carbocycles. The number of hydrogen-bond acceptors (Lipinski definition) is 6. The van der Waals surface area contributed by atoms with Crippen LogP contribution in [-0.4, -0.2) is 40.0 Å². The third kappa shape index (κ3) is 3.59. The highest BCUT2D eigenvalue weighted by Gasteiger charge is 2.53. The largest absolute Gasteiger partial charge is 0.455 e. The van der Waals surface area contributed by atoms with Gasteiger partial charge in [-0.05, 0) is 54.7 Å². The van der Waals surface area contributed by atoms with Crippen molar-refractivity contribution in [2.75, 3.05) is 23.5 Å². The summed E-state index contributed by atoms with van der Waals surface area (Å²) in [5.41, 5.74) is 3.76. The molecular formula is C25H21Cl2N5O3. The van der Waals surface area contributed by atoms with Crippen molar-refractivity contribution in [1.29, 1.82) is 0 Å². The van der Waals surface area contributed by atoms with E-state index in [4.69, 9.17) is 27.9 Å². The molecule has 3 heterocycles. The summed E-state index contributed by atoms with van der Waals surface area (Å²) in [6.45, 7) is 2.30. The van der Waals surface area contributed by atoms with Crippen LogP contribution in [0.1, 0.15) is 41.3 Å². The minimum absolute atomic E-state index is 0.0701. The Hall–Kier alpha value is -3.36. The molecule has 3 aromatic rings. The van der Waals surface area contributed by atoms with E-state index in [2.05, 4.69) is 27.4 Å². The second-order valence-corrected chi connectivity index (χ2v) is 9.75. The van der Waals surface area contributed by atoms with Crippen LogP contribution in [0.15, 0.2) is 42.6 Å². The summed E-state index contributed by atoms with van der Waals surface area (Å²) < 4.78 is 5.77. The third-order valence-electron chi connectivity index (χ3n) is 6.86. The van der Waals surface area contributed by atoms with Gasteiger partial charge in [0.25, 0.3) is 5.91 Å². The first-order valence-corrected chi connectivity index (χ1v) is 12.1. The van der Waals surface area contributed by atoms with Crippen molar-refractivity contribution < 1.29 is 14.3 Å². The van der Waals surface area contributed by atoms with Crippen molar-refractivity contribution in [3.05, 3.63) is 69.3 Å². The highest BCUT2D eigenvalue weighted by molar-refractivity contribution is 6.40. The average Bonchev–Trinajstić information content (AvgIpc) is 3.61. The van der Waals surface area contributed by atoms with E-state index in [0.717, 1.165) is 31.5 Å². The van der Waals surface area contributed by atoms with Gasteiger partial charge in [-0.25, -0.2) is 4.98 Å². The Morgan fingerprint density at radius 1 is 1.17 bits per heavy atom. The molecule has 2 aromatic carbocycles. The number of amides is 2. The zero-order chi connectivity index (χ0) is 24.3. The van der Waals surface area contributed by atoms with Gasteiger partial charge in [0, 0.05) is 25.4 Å². The van der Waals surface area contributed by atoms with E-state index in [1.165, 1.54) is 22.2 Å². The maximum atomic E-state index is 13.1. The molecule has 178 valence electrons. The first kappa shape index (κ1) is 22.1. The fourth-order valence-electron chi connectivity index (χ4n) is 5.10. The Bertz CT molecular complexity index is 1370. The Labute approximate surface area is 211 Å². The van der Waals surface area contributed by atoms with Crippen molar-refractivity contribution in [2.45, 2.75) is 31.7 Å². The molecule has 3 aliphatic rings. The second kappa shape index (κ2) is 8.10. The zero-order valence-electron chi connectivity index (χ0n) is 18.8. The minimum Gasteiger partial charge on any atom is -0.455 e. The lowest BCUT2D eigenvalue weighted by atomic mass is 9.90. The first-order valence-electron chi connectivity index (χ1n) is 11.3. The second-order valence-electron chi connectivity index (χ2n) is 8.94. The number of carbonyl (C=O) groups excluding carboxylic acids is 2. The highest BCUT2D eigenvalue weighted by atomic mass is 35.5. The third-order valence-corrected chi connectivity index (χ3v) is 7.47. The van der Waals surface area contributed by atoms with E-state index >= 15 is 0 Å². The van der Waals surface area contributed by atoms with Crippen molar-refractivity contribution >= 4 is 52.3 Å². The molecule has 1 aliphatic carbocycles. The zero-order valence-corrected chi connectivity index (χ0v) is 20.4. The van der Waals surface area contributed by atoms with Crippen LogP contribution in [0.4, 0.5) is 17.3 Å². The number of benzene rings is 2. The van der Waals surface area contributed by atoms with Crippen molar-refractivity contribution in [2.24, 2.45) is 0 Å². The lowest BCUT2D eigenvalue weighted by molar-refractivity contribution is -0.132. The Kier molecular flexibility index (Phi) is 5.12. The molecule has 1 spiro atoms. The van der Waals surface area contributed by atoms with Crippen LogP contribution >= 0.6 is 23.2 Å². The van der Waals surface area contributed by atoms with Gasteiger partial charge in [-0.2, -0.15) is 4.98 Å². The topological polar surface area (TPSA) is 87.7 Å². The van der Waals surface area contributed by atoms with Gasteiger partial charge in [0.05, 0.1) is 21.3 Å².